The van der Waals surface area contributed by atoms with Gasteiger partial charge in [0.1, 0.15) is 0 Å². The molecule has 132 valence electrons. The van der Waals surface area contributed by atoms with E-state index >= 15 is 0 Å². The molecule has 3 aromatic rings. The summed E-state index contributed by atoms with van der Waals surface area (Å²) in [6.07, 6.45) is 5.55. The number of anilines is 1. The van der Waals surface area contributed by atoms with Gasteiger partial charge in [0.15, 0.2) is 5.69 Å². The number of hydrogen-bond acceptors (Lipinski definition) is 5. The average molecular weight is 364 g/mol. The third-order valence-electron chi connectivity index (χ3n) is 3.90. The summed E-state index contributed by atoms with van der Waals surface area (Å²) in [5.74, 6) is 2.59. The highest BCUT2D eigenvalue weighted by Gasteiger charge is 2.11. The van der Waals surface area contributed by atoms with Crippen LogP contribution in [0.5, 0.6) is 0 Å². The quantitative estimate of drug-likeness (QED) is 0.554. The molecule has 0 aliphatic heterocycles. The molecule has 1 atom stereocenters. The van der Waals surface area contributed by atoms with E-state index in [0.29, 0.717) is 5.69 Å². The van der Waals surface area contributed by atoms with Gasteiger partial charge in [-0.15, -0.1) is 16.6 Å². The maximum absolute atomic E-state index is 10.8. The Labute approximate surface area is 155 Å². The maximum Gasteiger partial charge on any atom is 0.159 e. The molecule has 0 aliphatic carbocycles. The first-order chi connectivity index (χ1) is 12.5. The molecule has 1 unspecified atom stereocenters. The highest BCUT2D eigenvalue weighted by atomic mass is 32.2. The SMILES string of the molecule is C#Cc1nnc2cc(-c3ccc(CS(=O)[O-])cc3)ccc2c1NC(C)C. The molecular formula is C20H18N3O2S-. The van der Waals surface area contributed by atoms with E-state index in [1.807, 2.05) is 56.3 Å². The fourth-order valence-corrected chi connectivity index (χ4v) is 3.22. The predicted molar refractivity (Wildman–Crippen MR) is 104 cm³/mol. The number of nitrogens with zero attached hydrogens (tertiary/aromatic N) is 2. The minimum absolute atomic E-state index is 0.0164. The van der Waals surface area contributed by atoms with Gasteiger partial charge in [0.05, 0.1) is 11.2 Å². The lowest BCUT2D eigenvalue weighted by Gasteiger charge is -2.14. The van der Waals surface area contributed by atoms with Gasteiger partial charge in [-0.25, -0.2) is 0 Å². The van der Waals surface area contributed by atoms with Gasteiger partial charge in [-0.3, -0.25) is 4.21 Å². The van der Waals surface area contributed by atoms with Crippen molar-refractivity contribution in [3.63, 3.8) is 0 Å². The van der Waals surface area contributed by atoms with Crippen LogP contribution in [0.25, 0.3) is 22.0 Å². The Morgan fingerprint density at radius 1 is 1.15 bits per heavy atom. The lowest BCUT2D eigenvalue weighted by atomic mass is 10.0. The average Bonchev–Trinajstić information content (AvgIpc) is 2.61. The third-order valence-corrected chi connectivity index (χ3v) is 4.47. The molecule has 0 spiro atoms. The van der Waals surface area contributed by atoms with Crippen molar-refractivity contribution in [3.8, 4) is 23.5 Å². The van der Waals surface area contributed by atoms with Gasteiger partial charge in [0, 0.05) is 17.2 Å². The van der Waals surface area contributed by atoms with Crippen LogP contribution in [0.3, 0.4) is 0 Å². The standard InChI is InChI=1S/C20H19N3O2S/c1-4-18-20(21-13(2)3)17-10-9-16(11-19(17)23-22-18)15-7-5-14(6-8-15)12-26(24)25/h1,5-11,13H,12H2,2-3H3,(H,21,23)(H,24,25)/p-1. The number of rotatable bonds is 5. The Bertz CT molecular complexity index is 1010. The van der Waals surface area contributed by atoms with Crippen LogP contribution in [0.4, 0.5) is 5.69 Å². The molecule has 0 bridgehead atoms. The number of hydrogen-bond donors (Lipinski definition) is 1. The van der Waals surface area contributed by atoms with E-state index in [-0.39, 0.29) is 11.8 Å². The van der Waals surface area contributed by atoms with Crippen molar-refractivity contribution >= 4 is 27.7 Å². The second kappa shape index (κ2) is 7.65. The molecule has 2 aromatic carbocycles. The van der Waals surface area contributed by atoms with E-state index in [1.54, 1.807) is 0 Å². The summed E-state index contributed by atoms with van der Waals surface area (Å²) in [5.41, 5.74) is 4.76. The van der Waals surface area contributed by atoms with Crippen molar-refractivity contribution in [1.29, 1.82) is 0 Å². The van der Waals surface area contributed by atoms with Gasteiger partial charge in [-0.05, 0) is 48.6 Å². The molecular weight excluding hydrogens is 346 g/mol. The molecule has 6 heteroatoms. The van der Waals surface area contributed by atoms with Crippen molar-refractivity contribution in [2.24, 2.45) is 0 Å². The molecule has 0 saturated heterocycles. The zero-order valence-corrected chi connectivity index (χ0v) is 15.3. The molecule has 1 aromatic heterocycles. The fraction of sp³-hybridized carbons (Fsp3) is 0.200. The maximum atomic E-state index is 10.8. The largest absolute Gasteiger partial charge is 0.772 e. The van der Waals surface area contributed by atoms with Crippen LogP contribution >= 0.6 is 0 Å². The van der Waals surface area contributed by atoms with Crippen molar-refractivity contribution < 1.29 is 8.76 Å². The molecule has 5 nitrogen and oxygen atoms in total. The first kappa shape index (κ1) is 18.1. The van der Waals surface area contributed by atoms with Crippen LogP contribution in [0.15, 0.2) is 42.5 Å². The lowest BCUT2D eigenvalue weighted by Crippen LogP contribution is -2.12. The first-order valence-electron chi connectivity index (χ1n) is 8.16. The highest BCUT2D eigenvalue weighted by molar-refractivity contribution is 7.78. The van der Waals surface area contributed by atoms with E-state index in [0.717, 1.165) is 33.3 Å². The molecule has 0 saturated carbocycles. The zero-order valence-electron chi connectivity index (χ0n) is 14.5. The molecule has 26 heavy (non-hydrogen) atoms. The second-order valence-electron chi connectivity index (χ2n) is 6.24. The van der Waals surface area contributed by atoms with Crippen LogP contribution in [0, 0.1) is 12.3 Å². The van der Waals surface area contributed by atoms with E-state index in [1.165, 1.54) is 0 Å². The minimum Gasteiger partial charge on any atom is -0.772 e. The Kier molecular flexibility index (Phi) is 5.31. The van der Waals surface area contributed by atoms with Gasteiger partial charge in [0.25, 0.3) is 0 Å². The van der Waals surface area contributed by atoms with E-state index in [9.17, 15) is 8.76 Å². The van der Waals surface area contributed by atoms with Gasteiger partial charge in [-0.2, -0.15) is 0 Å². The van der Waals surface area contributed by atoms with Crippen LogP contribution in [-0.4, -0.2) is 25.0 Å². The lowest BCUT2D eigenvalue weighted by molar-refractivity contribution is 0.536. The molecule has 0 fully saturated rings. The molecule has 1 N–H and O–H groups in total. The van der Waals surface area contributed by atoms with Crippen LogP contribution < -0.4 is 5.32 Å². The topological polar surface area (TPSA) is 77.9 Å². The minimum atomic E-state index is -2.09. The predicted octanol–water partition coefficient (Wildman–Crippen LogP) is 3.48. The van der Waals surface area contributed by atoms with Crippen molar-refractivity contribution in [2.45, 2.75) is 25.6 Å². The van der Waals surface area contributed by atoms with E-state index in [2.05, 4.69) is 21.4 Å². The van der Waals surface area contributed by atoms with Gasteiger partial charge < -0.3 is 9.87 Å². The van der Waals surface area contributed by atoms with E-state index < -0.39 is 11.1 Å². The summed E-state index contributed by atoms with van der Waals surface area (Å²) >= 11 is -2.09. The van der Waals surface area contributed by atoms with Crippen LogP contribution in [0.1, 0.15) is 25.1 Å². The summed E-state index contributed by atoms with van der Waals surface area (Å²) in [4.78, 5) is 0. The fourth-order valence-electron chi connectivity index (χ4n) is 2.75. The Morgan fingerprint density at radius 3 is 2.46 bits per heavy atom. The van der Waals surface area contributed by atoms with Gasteiger partial charge in [0.2, 0.25) is 0 Å². The van der Waals surface area contributed by atoms with E-state index in [4.69, 9.17) is 6.42 Å². The summed E-state index contributed by atoms with van der Waals surface area (Å²) in [7, 11) is 0. The smallest absolute Gasteiger partial charge is 0.159 e. The Hall–Kier alpha value is -2.75. The van der Waals surface area contributed by atoms with Crippen LogP contribution in [-0.2, 0) is 16.8 Å². The molecule has 0 amide bonds. The molecule has 1 heterocycles. The molecule has 0 aliphatic rings. The third kappa shape index (κ3) is 3.90. The number of aromatic nitrogens is 2. The van der Waals surface area contributed by atoms with Crippen molar-refractivity contribution in [3.05, 3.63) is 53.7 Å². The molecule has 0 radical (unpaired) electrons. The van der Waals surface area contributed by atoms with Crippen molar-refractivity contribution in [2.75, 3.05) is 5.32 Å². The Morgan fingerprint density at radius 2 is 1.85 bits per heavy atom. The Balaban J connectivity index is 2.02. The normalized spacial score (nSPS) is 12.1. The number of fused-ring (bicyclic) bond motifs is 1. The molecule has 3 rings (SSSR count). The van der Waals surface area contributed by atoms with Crippen molar-refractivity contribution in [1.82, 2.24) is 10.2 Å². The zero-order chi connectivity index (χ0) is 18.7. The second-order valence-corrected chi connectivity index (χ2v) is 7.14. The summed E-state index contributed by atoms with van der Waals surface area (Å²) in [6.45, 7) is 4.08. The van der Waals surface area contributed by atoms with Gasteiger partial charge in [-0.1, -0.05) is 41.4 Å². The summed E-state index contributed by atoms with van der Waals surface area (Å²) in [5, 5.41) is 12.7. The van der Waals surface area contributed by atoms with Gasteiger partial charge >= 0.3 is 0 Å². The first-order valence-corrected chi connectivity index (χ1v) is 9.41. The monoisotopic (exact) mass is 364 g/mol. The number of benzene rings is 2. The van der Waals surface area contributed by atoms with Crippen LogP contribution in [0.2, 0.25) is 0 Å². The number of terminal acetylenes is 1. The summed E-state index contributed by atoms with van der Waals surface area (Å²) < 4.78 is 21.6. The highest BCUT2D eigenvalue weighted by Crippen LogP contribution is 2.29. The summed E-state index contributed by atoms with van der Waals surface area (Å²) in [6, 6.07) is 13.6. The number of nitrogens with one attached hydrogen (secondary N) is 1.